The molecule has 3 aromatic rings. The number of aromatic nitrogens is 1. The molecule has 1 aliphatic heterocycles. The number of aryl methyl sites for hydroxylation is 1. The van der Waals surface area contributed by atoms with Gasteiger partial charge in [-0.05, 0) is 67.3 Å². The smallest absolute Gasteiger partial charge is 0.262 e. The molecule has 4 rings (SSSR count). The lowest BCUT2D eigenvalue weighted by atomic mass is 10.1. The van der Waals surface area contributed by atoms with Crippen LogP contribution in [0.3, 0.4) is 0 Å². The van der Waals surface area contributed by atoms with E-state index in [2.05, 4.69) is 40.2 Å². The first kappa shape index (κ1) is 19.9. The first-order valence-corrected chi connectivity index (χ1v) is 10.3. The second-order valence-electron chi connectivity index (χ2n) is 7.71. The summed E-state index contributed by atoms with van der Waals surface area (Å²) in [4.78, 5) is 12.5. The molecular weight excluding hydrogens is 374 g/mol. The number of hydrogen-bond acceptors (Lipinski definition) is 3. The van der Waals surface area contributed by atoms with Crippen LogP contribution < -0.4 is 5.32 Å². The number of hydrogen-bond donors (Lipinski definition) is 1. The van der Waals surface area contributed by atoms with Crippen LogP contribution in [0.2, 0.25) is 0 Å². The number of carbonyl (C=O) groups excluding carboxylic acids is 1. The highest BCUT2D eigenvalue weighted by Gasteiger charge is 2.18. The Bertz CT molecular complexity index is 1160. The second-order valence-corrected chi connectivity index (χ2v) is 7.71. The molecule has 1 amide bonds. The molecule has 0 radical (unpaired) electrons. The predicted octanol–water partition coefficient (Wildman–Crippen LogP) is 4.45. The highest BCUT2D eigenvalue weighted by Crippen LogP contribution is 2.25. The summed E-state index contributed by atoms with van der Waals surface area (Å²) in [5, 5.41) is 14.7. The van der Waals surface area contributed by atoms with Crippen molar-refractivity contribution in [2.45, 2.75) is 32.8 Å². The van der Waals surface area contributed by atoms with E-state index >= 15 is 0 Å². The van der Waals surface area contributed by atoms with Crippen molar-refractivity contribution in [3.63, 3.8) is 0 Å². The molecule has 30 heavy (non-hydrogen) atoms. The molecule has 1 aliphatic rings. The molecule has 1 atom stereocenters. The molecule has 0 saturated carbocycles. The normalized spacial score (nSPS) is 16.6. The monoisotopic (exact) mass is 399 g/mol. The molecule has 2 aromatic carbocycles. The van der Waals surface area contributed by atoms with E-state index in [9.17, 15) is 10.1 Å². The van der Waals surface area contributed by atoms with E-state index in [-0.39, 0.29) is 17.6 Å². The van der Waals surface area contributed by atoms with Gasteiger partial charge in [0.15, 0.2) is 0 Å². The Kier molecular flexibility index (Phi) is 5.69. The minimum atomic E-state index is -0.358. The van der Waals surface area contributed by atoms with Crippen LogP contribution in [0.15, 0.2) is 54.1 Å². The number of nitrogens with one attached hydrogen (secondary N) is 1. The topological polar surface area (TPSA) is 67.1 Å². The molecule has 1 saturated heterocycles. The van der Waals surface area contributed by atoms with Gasteiger partial charge in [0, 0.05) is 30.2 Å². The van der Waals surface area contributed by atoms with E-state index < -0.39 is 0 Å². The summed E-state index contributed by atoms with van der Waals surface area (Å²) in [6.07, 6.45) is 3.68. The third-order valence-corrected chi connectivity index (χ3v) is 5.64. The summed E-state index contributed by atoms with van der Waals surface area (Å²) in [7, 11) is 0. The fraction of sp³-hybridized carbons (Fsp3) is 0.280. The second kappa shape index (κ2) is 8.56. The minimum absolute atomic E-state index is 0.0480. The maximum Gasteiger partial charge on any atom is 0.262 e. The maximum absolute atomic E-state index is 12.5. The molecule has 152 valence electrons. The van der Waals surface area contributed by atoms with E-state index in [0.717, 1.165) is 42.1 Å². The molecule has 0 bridgehead atoms. The number of amides is 1. The molecule has 5 nitrogen and oxygen atoms in total. The lowest BCUT2D eigenvalue weighted by molar-refractivity contribution is -0.117. The molecule has 0 unspecified atom stereocenters. The van der Waals surface area contributed by atoms with Crippen LogP contribution in [0.25, 0.3) is 22.5 Å². The predicted molar refractivity (Wildman–Crippen MR) is 118 cm³/mol. The Morgan fingerprint density at radius 2 is 2.03 bits per heavy atom. The zero-order valence-corrected chi connectivity index (χ0v) is 17.3. The molecule has 0 aliphatic carbocycles. The van der Waals surface area contributed by atoms with E-state index in [0.29, 0.717) is 6.54 Å². The van der Waals surface area contributed by atoms with Crippen molar-refractivity contribution in [2.75, 3.05) is 13.2 Å². The van der Waals surface area contributed by atoms with E-state index in [1.165, 1.54) is 10.8 Å². The van der Waals surface area contributed by atoms with Gasteiger partial charge in [-0.15, -0.1) is 0 Å². The van der Waals surface area contributed by atoms with Gasteiger partial charge in [-0.25, -0.2) is 0 Å². The fourth-order valence-corrected chi connectivity index (χ4v) is 4.06. The Morgan fingerprint density at radius 1 is 1.23 bits per heavy atom. The number of carbonyl (C=O) groups is 1. The summed E-state index contributed by atoms with van der Waals surface area (Å²) >= 11 is 0. The first-order chi connectivity index (χ1) is 14.6. The Labute approximate surface area is 176 Å². The zero-order chi connectivity index (χ0) is 21.1. The van der Waals surface area contributed by atoms with Gasteiger partial charge in [-0.2, -0.15) is 5.26 Å². The van der Waals surface area contributed by atoms with Crippen LogP contribution >= 0.6 is 0 Å². The maximum atomic E-state index is 12.5. The van der Waals surface area contributed by atoms with Gasteiger partial charge in [-0.1, -0.05) is 30.3 Å². The molecule has 2 heterocycles. The molecular formula is C25H25N3O2. The zero-order valence-electron chi connectivity index (χ0n) is 17.3. The van der Waals surface area contributed by atoms with Gasteiger partial charge in [0.2, 0.25) is 0 Å². The van der Waals surface area contributed by atoms with Gasteiger partial charge < -0.3 is 14.6 Å². The summed E-state index contributed by atoms with van der Waals surface area (Å²) in [6.45, 7) is 5.21. The van der Waals surface area contributed by atoms with E-state index in [1.807, 2.05) is 38.1 Å². The fourth-order valence-electron chi connectivity index (χ4n) is 4.06. The molecule has 0 spiro atoms. The average Bonchev–Trinajstić information content (AvgIpc) is 3.37. The van der Waals surface area contributed by atoms with Crippen LogP contribution in [-0.2, 0) is 9.53 Å². The van der Waals surface area contributed by atoms with Gasteiger partial charge in [0.25, 0.3) is 5.91 Å². The highest BCUT2D eigenvalue weighted by atomic mass is 16.5. The van der Waals surface area contributed by atoms with Crippen LogP contribution in [-0.4, -0.2) is 29.7 Å². The quantitative estimate of drug-likeness (QED) is 0.509. The molecule has 1 fully saturated rings. The van der Waals surface area contributed by atoms with Crippen LogP contribution in [0.1, 0.15) is 29.8 Å². The number of fused-ring (bicyclic) bond motifs is 1. The summed E-state index contributed by atoms with van der Waals surface area (Å²) in [6, 6.07) is 18.7. The van der Waals surface area contributed by atoms with Crippen molar-refractivity contribution in [3.8, 4) is 11.8 Å². The van der Waals surface area contributed by atoms with Gasteiger partial charge >= 0.3 is 0 Å². The number of rotatable bonds is 5. The van der Waals surface area contributed by atoms with E-state index in [1.54, 1.807) is 6.08 Å². The third-order valence-electron chi connectivity index (χ3n) is 5.64. The summed E-state index contributed by atoms with van der Waals surface area (Å²) < 4.78 is 7.68. The van der Waals surface area contributed by atoms with Crippen molar-refractivity contribution in [3.05, 3.63) is 71.1 Å². The van der Waals surface area contributed by atoms with Crippen LogP contribution in [0.5, 0.6) is 0 Å². The largest absolute Gasteiger partial charge is 0.376 e. The third kappa shape index (κ3) is 4.00. The average molecular weight is 399 g/mol. The summed E-state index contributed by atoms with van der Waals surface area (Å²) in [5.41, 5.74) is 4.06. The van der Waals surface area contributed by atoms with Gasteiger partial charge in [-0.3, -0.25) is 4.79 Å². The molecule has 1 N–H and O–H groups in total. The van der Waals surface area contributed by atoms with Gasteiger partial charge in [0.1, 0.15) is 11.6 Å². The summed E-state index contributed by atoms with van der Waals surface area (Å²) in [5.74, 6) is -0.358. The number of ether oxygens (including phenoxy) is 1. The minimum Gasteiger partial charge on any atom is -0.376 e. The van der Waals surface area contributed by atoms with Gasteiger partial charge in [0.05, 0.1) is 6.10 Å². The van der Waals surface area contributed by atoms with Crippen molar-refractivity contribution in [1.29, 1.82) is 5.26 Å². The Morgan fingerprint density at radius 3 is 2.77 bits per heavy atom. The van der Waals surface area contributed by atoms with Crippen molar-refractivity contribution in [1.82, 2.24) is 9.88 Å². The number of benzene rings is 2. The standard InChI is InChI=1S/C25H25N3O2/c1-17-12-21(13-22(15-26)25(29)27-16-24-8-5-11-30-24)18(2)28(17)23-10-9-19-6-3-4-7-20(19)14-23/h3-4,6-7,9-10,12-14,24H,5,8,11,16H2,1-2H3,(H,27,29)/b22-13+/t24-/m1/s1. The first-order valence-electron chi connectivity index (χ1n) is 10.3. The van der Waals surface area contributed by atoms with Crippen molar-refractivity contribution >= 4 is 22.8 Å². The van der Waals surface area contributed by atoms with Crippen molar-refractivity contribution < 1.29 is 9.53 Å². The lowest BCUT2D eigenvalue weighted by Gasteiger charge is -2.11. The van der Waals surface area contributed by atoms with E-state index in [4.69, 9.17) is 4.74 Å². The Balaban J connectivity index is 1.61. The highest BCUT2D eigenvalue weighted by molar-refractivity contribution is 6.01. The van der Waals surface area contributed by atoms with Crippen LogP contribution in [0, 0.1) is 25.2 Å². The SMILES string of the molecule is Cc1cc(/C=C(\C#N)C(=O)NC[C@H]2CCCO2)c(C)n1-c1ccc2ccccc2c1. The van der Waals surface area contributed by atoms with Crippen molar-refractivity contribution in [2.24, 2.45) is 0 Å². The van der Waals surface area contributed by atoms with Crippen LogP contribution in [0.4, 0.5) is 0 Å². The number of nitrogens with zero attached hydrogens (tertiary/aromatic N) is 2. The number of nitriles is 1. The Hall–Kier alpha value is -3.36. The molecule has 1 aromatic heterocycles. The lowest BCUT2D eigenvalue weighted by Crippen LogP contribution is -2.32. The molecule has 5 heteroatoms.